The summed E-state index contributed by atoms with van der Waals surface area (Å²) >= 11 is 4.19. The number of pyridine rings is 1. The van der Waals surface area contributed by atoms with Crippen LogP contribution in [0.15, 0.2) is 72.9 Å². The van der Waals surface area contributed by atoms with E-state index in [0.717, 1.165) is 34.5 Å². The van der Waals surface area contributed by atoms with Gasteiger partial charge in [-0.05, 0) is 54.4 Å². The zero-order valence-electron chi connectivity index (χ0n) is 20.0. The Kier molecular flexibility index (Phi) is 7.72. The lowest BCUT2D eigenvalue weighted by molar-refractivity contribution is 0.0986. The van der Waals surface area contributed by atoms with Crippen LogP contribution in [-0.2, 0) is 13.6 Å². The fourth-order valence-corrected chi connectivity index (χ4v) is 4.13. The van der Waals surface area contributed by atoms with Crippen molar-refractivity contribution in [2.75, 3.05) is 22.5 Å². The fraction of sp³-hybridized carbons (Fsp3) is 0.222. The van der Waals surface area contributed by atoms with E-state index in [4.69, 9.17) is 10.7 Å². The van der Waals surface area contributed by atoms with Crippen LogP contribution in [0.5, 0.6) is 0 Å². The van der Waals surface area contributed by atoms with Crippen molar-refractivity contribution in [1.29, 1.82) is 0 Å². The molecular formula is C27H30N6OS. The Morgan fingerprint density at radius 1 is 1.14 bits per heavy atom. The summed E-state index contributed by atoms with van der Waals surface area (Å²) in [6, 6.07) is 19.2. The first-order chi connectivity index (χ1) is 17.0. The third-order valence-corrected chi connectivity index (χ3v) is 6.00. The molecule has 2 aromatic heterocycles. The molecule has 0 aliphatic carbocycles. The van der Waals surface area contributed by atoms with Gasteiger partial charge in [0, 0.05) is 42.5 Å². The Morgan fingerprint density at radius 3 is 2.60 bits per heavy atom. The van der Waals surface area contributed by atoms with Gasteiger partial charge in [-0.15, -0.1) is 0 Å². The maximum absolute atomic E-state index is 13.3. The molecule has 35 heavy (non-hydrogen) atoms. The number of aryl methyl sites for hydroxylation is 1. The highest BCUT2D eigenvalue weighted by Gasteiger charge is 2.19. The van der Waals surface area contributed by atoms with Crippen LogP contribution < -0.4 is 16.0 Å². The first-order valence-corrected chi connectivity index (χ1v) is 12.2. The number of aromatic nitrogens is 3. The van der Waals surface area contributed by atoms with Crippen molar-refractivity contribution in [1.82, 2.24) is 14.5 Å². The normalized spacial score (nSPS) is 11.6. The van der Waals surface area contributed by atoms with E-state index in [-0.39, 0.29) is 5.91 Å². The average Bonchev–Trinajstić information content (AvgIpc) is 3.21. The standard InChI is InChI=1S/C27H30N6OS/c1-3-15-33(25-6-4-5-14-29-25)27(34)20-9-12-24-23(17-20)31-26(32(24)2)18-30-21-10-7-19(8-11-21)22(28)13-16-35/h4-14,17,30,35H,3,15-16,18,28H2,1-2H3/b22-13-. The van der Waals surface area contributed by atoms with Gasteiger partial charge in [0.25, 0.3) is 5.91 Å². The zero-order valence-corrected chi connectivity index (χ0v) is 20.9. The van der Waals surface area contributed by atoms with E-state index in [2.05, 4.69) is 22.9 Å². The molecule has 7 nitrogen and oxygen atoms in total. The van der Waals surface area contributed by atoms with Gasteiger partial charge >= 0.3 is 0 Å². The number of anilines is 2. The molecule has 0 radical (unpaired) electrons. The zero-order chi connectivity index (χ0) is 24.8. The van der Waals surface area contributed by atoms with Crippen molar-refractivity contribution in [3.8, 4) is 0 Å². The summed E-state index contributed by atoms with van der Waals surface area (Å²) in [6.07, 6.45) is 4.42. The Balaban J connectivity index is 1.52. The van der Waals surface area contributed by atoms with E-state index in [0.29, 0.717) is 35.9 Å². The third kappa shape index (κ3) is 5.49. The summed E-state index contributed by atoms with van der Waals surface area (Å²) in [5.41, 5.74) is 11.0. The highest BCUT2D eigenvalue weighted by atomic mass is 32.1. The summed E-state index contributed by atoms with van der Waals surface area (Å²) in [7, 11) is 1.98. The second-order valence-corrected chi connectivity index (χ2v) is 8.57. The van der Waals surface area contributed by atoms with E-state index in [1.54, 1.807) is 11.1 Å². The van der Waals surface area contributed by atoms with E-state index >= 15 is 0 Å². The maximum atomic E-state index is 13.3. The molecule has 4 rings (SSSR count). The number of amides is 1. The van der Waals surface area contributed by atoms with E-state index in [9.17, 15) is 4.79 Å². The third-order valence-electron chi connectivity index (χ3n) is 5.82. The smallest absolute Gasteiger partial charge is 0.259 e. The molecule has 0 saturated heterocycles. The molecule has 180 valence electrons. The van der Waals surface area contributed by atoms with Crippen LogP contribution in [0.1, 0.15) is 35.1 Å². The summed E-state index contributed by atoms with van der Waals surface area (Å²) < 4.78 is 2.04. The van der Waals surface area contributed by atoms with Crippen LogP contribution in [0.2, 0.25) is 0 Å². The number of fused-ring (bicyclic) bond motifs is 1. The lowest BCUT2D eigenvalue weighted by atomic mass is 10.1. The number of thiol groups is 1. The van der Waals surface area contributed by atoms with Crippen LogP contribution in [0.3, 0.4) is 0 Å². The number of rotatable bonds is 9. The second-order valence-electron chi connectivity index (χ2n) is 8.21. The number of hydrogen-bond acceptors (Lipinski definition) is 6. The van der Waals surface area contributed by atoms with Crippen LogP contribution in [0.25, 0.3) is 16.7 Å². The van der Waals surface area contributed by atoms with Gasteiger partial charge < -0.3 is 15.6 Å². The molecule has 0 aliphatic heterocycles. The lowest BCUT2D eigenvalue weighted by Crippen LogP contribution is -2.32. The first kappa shape index (κ1) is 24.3. The van der Waals surface area contributed by atoms with Crippen molar-refractivity contribution >= 4 is 46.8 Å². The number of hydrogen-bond donors (Lipinski definition) is 3. The second kappa shape index (κ2) is 11.1. The Hall–Kier alpha value is -3.78. The van der Waals surface area contributed by atoms with E-state index in [1.165, 1.54) is 0 Å². The Labute approximate surface area is 211 Å². The quantitative estimate of drug-likeness (QED) is 0.294. The van der Waals surface area contributed by atoms with Gasteiger partial charge in [-0.2, -0.15) is 12.6 Å². The molecule has 2 aromatic carbocycles. The van der Waals surface area contributed by atoms with Gasteiger partial charge in [0.05, 0.1) is 17.6 Å². The van der Waals surface area contributed by atoms with Crippen LogP contribution in [-0.4, -0.2) is 32.7 Å². The maximum Gasteiger partial charge on any atom is 0.259 e. The Bertz CT molecular complexity index is 1330. The van der Waals surface area contributed by atoms with E-state index in [1.807, 2.05) is 85.3 Å². The largest absolute Gasteiger partial charge is 0.398 e. The highest BCUT2D eigenvalue weighted by molar-refractivity contribution is 7.80. The predicted molar refractivity (Wildman–Crippen MR) is 147 cm³/mol. The monoisotopic (exact) mass is 486 g/mol. The fourth-order valence-electron chi connectivity index (χ4n) is 3.93. The number of imidazole rings is 1. The molecule has 0 unspecified atom stereocenters. The summed E-state index contributed by atoms with van der Waals surface area (Å²) in [5.74, 6) is 2.05. The molecule has 4 aromatic rings. The van der Waals surface area contributed by atoms with Crippen molar-refractivity contribution in [2.45, 2.75) is 19.9 Å². The number of carbonyl (C=O) groups excluding carboxylic acids is 1. The summed E-state index contributed by atoms with van der Waals surface area (Å²) in [6.45, 7) is 3.19. The van der Waals surface area contributed by atoms with Gasteiger partial charge in [0.1, 0.15) is 11.6 Å². The minimum Gasteiger partial charge on any atom is -0.398 e. The molecule has 8 heteroatoms. The van der Waals surface area contributed by atoms with Crippen LogP contribution >= 0.6 is 12.6 Å². The van der Waals surface area contributed by atoms with Gasteiger partial charge in [0.15, 0.2) is 0 Å². The highest BCUT2D eigenvalue weighted by Crippen LogP contribution is 2.21. The molecular weight excluding hydrogens is 456 g/mol. The van der Waals surface area contributed by atoms with Crippen molar-refractivity contribution in [2.24, 2.45) is 12.8 Å². The molecule has 0 spiro atoms. The van der Waals surface area contributed by atoms with Gasteiger partial charge in [-0.1, -0.05) is 31.2 Å². The Morgan fingerprint density at radius 2 is 1.91 bits per heavy atom. The predicted octanol–water partition coefficient (Wildman–Crippen LogP) is 4.87. The van der Waals surface area contributed by atoms with Gasteiger partial charge in [0.2, 0.25) is 0 Å². The first-order valence-electron chi connectivity index (χ1n) is 11.6. The number of carbonyl (C=O) groups is 1. The number of nitrogens with zero attached hydrogens (tertiary/aromatic N) is 4. The molecule has 0 saturated carbocycles. The molecule has 3 N–H and O–H groups in total. The van der Waals surface area contributed by atoms with Crippen molar-refractivity contribution in [3.05, 3.63) is 89.9 Å². The molecule has 1 amide bonds. The van der Waals surface area contributed by atoms with Crippen LogP contribution in [0, 0.1) is 0 Å². The minimum atomic E-state index is -0.0795. The number of benzene rings is 2. The van der Waals surface area contributed by atoms with Crippen molar-refractivity contribution < 1.29 is 4.79 Å². The molecule has 0 aliphatic rings. The summed E-state index contributed by atoms with van der Waals surface area (Å²) in [4.78, 5) is 24.2. The van der Waals surface area contributed by atoms with Crippen LogP contribution in [0.4, 0.5) is 11.5 Å². The molecule has 0 bridgehead atoms. The SMILES string of the molecule is CCCN(C(=O)c1ccc2c(c1)nc(CNc1ccc(/C(N)=C/CS)cc1)n2C)c1ccccn1. The average molecular weight is 487 g/mol. The van der Waals surface area contributed by atoms with Crippen molar-refractivity contribution in [3.63, 3.8) is 0 Å². The van der Waals surface area contributed by atoms with Gasteiger partial charge in [-0.3, -0.25) is 9.69 Å². The molecule has 0 atom stereocenters. The van der Waals surface area contributed by atoms with E-state index < -0.39 is 0 Å². The molecule has 2 heterocycles. The number of nitrogens with one attached hydrogen (secondary N) is 1. The topological polar surface area (TPSA) is 89.1 Å². The minimum absolute atomic E-state index is 0.0795. The van der Waals surface area contributed by atoms with Gasteiger partial charge in [-0.25, -0.2) is 9.97 Å². The summed E-state index contributed by atoms with van der Waals surface area (Å²) in [5, 5.41) is 3.41. The lowest BCUT2D eigenvalue weighted by Gasteiger charge is -2.21. The molecule has 0 fully saturated rings. The number of nitrogens with two attached hydrogens (primary N) is 1.